The summed E-state index contributed by atoms with van der Waals surface area (Å²) in [5, 5.41) is 12.0. The van der Waals surface area contributed by atoms with Crippen molar-refractivity contribution in [1.82, 2.24) is 10.2 Å². The summed E-state index contributed by atoms with van der Waals surface area (Å²) in [5.41, 5.74) is 0.419. The van der Waals surface area contributed by atoms with Crippen molar-refractivity contribution in [3.05, 3.63) is 28.2 Å². The Balaban J connectivity index is 2.14. The highest BCUT2D eigenvalue weighted by molar-refractivity contribution is 9.10. The van der Waals surface area contributed by atoms with Crippen LogP contribution >= 0.6 is 15.9 Å². The van der Waals surface area contributed by atoms with Crippen LogP contribution in [-0.2, 0) is 14.4 Å². The van der Waals surface area contributed by atoms with Crippen molar-refractivity contribution in [2.75, 3.05) is 20.7 Å². The van der Waals surface area contributed by atoms with E-state index in [9.17, 15) is 19.5 Å². The van der Waals surface area contributed by atoms with Gasteiger partial charge in [-0.15, -0.1) is 0 Å². The Labute approximate surface area is 148 Å². The predicted octanol–water partition coefficient (Wildman–Crippen LogP) is 1.57. The van der Waals surface area contributed by atoms with Gasteiger partial charge in [-0.3, -0.25) is 9.59 Å². The van der Waals surface area contributed by atoms with E-state index in [1.54, 1.807) is 30.1 Å². The number of carboxylic acid groups (broad SMARTS) is 1. The molecule has 2 rings (SSSR count). The van der Waals surface area contributed by atoms with Gasteiger partial charge >= 0.3 is 5.97 Å². The molecule has 0 aliphatic carbocycles. The smallest absolute Gasteiger partial charge is 0.330 e. The molecule has 0 radical (unpaired) electrons. The molecule has 1 aromatic rings. The number of likely N-dealkylation sites (tertiary alicyclic amines) is 1. The third kappa shape index (κ3) is 4.05. The molecule has 1 aromatic carbocycles. The molecule has 1 fully saturated rings. The summed E-state index contributed by atoms with van der Waals surface area (Å²) in [6, 6.07) is 3.62. The maximum Gasteiger partial charge on any atom is 0.330 e. The summed E-state index contributed by atoms with van der Waals surface area (Å²) in [6.45, 7) is 0.489. The third-order valence-corrected chi connectivity index (χ3v) is 4.69. The minimum atomic E-state index is -1.19. The molecule has 7 nitrogen and oxygen atoms in total. The maximum atomic E-state index is 12.4. The van der Waals surface area contributed by atoms with Crippen molar-refractivity contribution in [1.29, 1.82) is 0 Å². The van der Waals surface area contributed by atoms with Gasteiger partial charge in [-0.05, 0) is 40.0 Å². The fraction of sp³-hybridized carbons (Fsp3) is 0.438. The Morgan fingerprint density at radius 2 is 2.17 bits per heavy atom. The van der Waals surface area contributed by atoms with E-state index in [4.69, 9.17) is 4.74 Å². The average Bonchev–Trinajstić information content (AvgIpc) is 2.54. The zero-order valence-corrected chi connectivity index (χ0v) is 15.0. The van der Waals surface area contributed by atoms with Gasteiger partial charge in [0, 0.05) is 25.9 Å². The molecule has 1 saturated heterocycles. The monoisotopic (exact) mass is 398 g/mol. The maximum absolute atomic E-state index is 12.4. The van der Waals surface area contributed by atoms with E-state index in [1.165, 1.54) is 7.11 Å². The van der Waals surface area contributed by atoms with Gasteiger partial charge in [0.1, 0.15) is 5.75 Å². The average molecular weight is 399 g/mol. The molecule has 2 amide bonds. The number of hydrogen-bond donors (Lipinski definition) is 2. The van der Waals surface area contributed by atoms with Crippen molar-refractivity contribution in [2.45, 2.75) is 18.9 Å². The predicted molar refractivity (Wildman–Crippen MR) is 89.6 cm³/mol. The minimum absolute atomic E-state index is 0.0982. The van der Waals surface area contributed by atoms with Gasteiger partial charge in [0.05, 0.1) is 11.6 Å². The van der Waals surface area contributed by atoms with Gasteiger partial charge in [-0.2, -0.15) is 0 Å². The number of nitrogens with one attached hydrogen (secondary N) is 1. The highest BCUT2D eigenvalue weighted by atomic mass is 79.9. The van der Waals surface area contributed by atoms with Crippen molar-refractivity contribution in [2.24, 2.45) is 5.92 Å². The first-order chi connectivity index (χ1) is 11.3. The number of halogens is 1. The van der Waals surface area contributed by atoms with Crippen molar-refractivity contribution in [3.63, 3.8) is 0 Å². The van der Waals surface area contributed by atoms with E-state index in [0.717, 1.165) is 0 Å². The molecule has 130 valence electrons. The molecule has 2 N–H and O–H groups in total. The van der Waals surface area contributed by atoms with E-state index < -0.39 is 23.8 Å². The van der Waals surface area contributed by atoms with Crippen LogP contribution < -0.4 is 10.1 Å². The number of rotatable bonds is 5. The lowest BCUT2D eigenvalue weighted by Gasteiger charge is -2.28. The molecule has 1 aliphatic rings. The Kier molecular flexibility index (Phi) is 5.82. The molecule has 1 aliphatic heterocycles. The molecule has 0 spiro atoms. The topological polar surface area (TPSA) is 95.9 Å². The minimum Gasteiger partial charge on any atom is -0.496 e. The number of hydrogen-bond acceptors (Lipinski definition) is 4. The quantitative estimate of drug-likeness (QED) is 0.784. The number of carbonyl (C=O) groups excluding carboxylic acids is 2. The van der Waals surface area contributed by atoms with Gasteiger partial charge in [-0.1, -0.05) is 6.07 Å². The molecular weight excluding hydrogens is 380 g/mol. The standard InChI is InChI=1S/C16H19BrN2O5/c1-19-6-5-10(8-13(19)20)15(21)18-14(16(22)23)9-3-4-12(24-2)11(17)7-9/h3-4,7,10,14H,5-6,8H2,1-2H3,(H,18,21)(H,22,23). The number of carboxylic acids is 1. The summed E-state index contributed by atoms with van der Waals surface area (Å²) >= 11 is 3.30. The second-order valence-corrected chi connectivity index (χ2v) is 6.53. The van der Waals surface area contributed by atoms with Crippen LogP contribution in [0.25, 0.3) is 0 Å². The van der Waals surface area contributed by atoms with Crippen LogP contribution in [-0.4, -0.2) is 48.5 Å². The van der Waals surface area contributed by atoms with Gasteiger partial charge in [0.2, 0.25) is 11.8 Å². The summed E-state index contributed by atoms with van der Waals surface area (Å²) < 4.78 is 5.71. The molecule has 0 saturated carbocycles. The van der Waals surface area contributed by atoms with Crippen LogP contribution in [0.2, 0.25) is 0 Å². The lowest BCUT2D eigenvalue weighted by molar-refractivity contribution is -0.144. The molecule has 0 bridgehead atoms. The number of piperidine rings is 1. The molecule has 2 unspecified atom stereocenters. The number of nitrogens with zero attached hydrogens (tertiary/aromatic N) is 1. The van der Waals surface area contributed by atoms with Gasteiger partial charge in [-0.25, -0.2) is 4.79 Å². The largest absolute Gasteiger partial charge is 0.496 e. The number of ether oxygens (including phenoxy) is 1. The third-order valence-electron chi connectivity index (χ3n) is 4.07. The number of benzene rings is 1. The van der Waals surface area contributed by atoms with E-state index in [2.05, 4.69) is 21.2 Å². The van der Waals surface area contributed by atoms with Gasteiger partial charge < -0.3 is 20.1 Å². The van der Waals surface area contributed by atoms with Crippen molar-refractivity contribution >= 4 is 33.7 Å². The van der Waals surface area contributed by atoms with Crippen LogP contribution in [0.15, 0.2) is 22.7 Å². The zero-order chi connectivity index (χ0) is 17.9. The van der Waals surface area contributed by atoms with E-state index >= 15 is 0 Å². The Morgan fingerprint density at radius 3 is 2.71 bits per heavy atom. The summed E-state index contributed by atoms with van der Waals surface area (Å²) in [4.78, 5) is 37.2. The Hall–Kier alpha value is -2.09. The molecular formula is C16H19BrN2O5. The zero-order valence-electron chi connectivity index (χ0n) is 13.4. The normalized spacial score (nSPS) is 18.9. The van der Waals surface area contributed by atoms with Crippen molar-refractivity contribution in [3.8, 4) is 5.75 Å². The highest BCUT2D eigenvalue weighted by Crippen LogP contribution is 2.28. The lowest BCUT2D eigenvalue weighted by Crippen LogP contribution is -2.44. The first-order valence-corrected chi connectivity index (χ1v) is 8.23. The summed E-state index contributed by atoms with van der Waals surface area (Å²) in [6.07, 6.45) is 0.619. The Morgan fingerprint density at radius 1 is 1.46 bits per heavy atom. The summed E-state index contributed by atoms with van der Waals surface area (Å²) in [5.74, 6) is -1.64. The lowest BCUT2D eigenvalue weighted by atomic mass is 9.94. The van der Waals surface area contributed by atoms with Gasteiger partial charge in [0.25, 0.3) is 0 Å². The van der Waals surface area contributed by atoms with Crippen LogP contribution in [0.4, 0.5) is 0 Å². The molecule has 0 aromatic heterocycles. The molecule has 1 heterocycles. The second-order valence-electron chi connectivity index (χ2n) is 5.68. The molecule has 24 heavy (non-hydrogen) atoms. The van der Waals surface area contributed by atoms with Crippen LogP contribution in [0.3, 0.4) is 0 Å². The molecule has 8 heteroatoms. The van der Waals surface area contributed by atoms with Crippen LogP contribution in [0.5, 0.6) is 5.75 Å². The number of amides is 2. The van der Waals surface area contributed by atoms with Crippen LogP contribution in [0.1, 0.15) is 24.4 Å². The van der Waals surface area contributed by atoms with Crippen LogP contribution in [0, 0.1) is 5.92 Å². The fourth-order valence-corrected chi connectivity index (χ4v) is 3.13. The van der Waals surface area contributed by atoms with E-state index in [1.807, 2.05) is 0 Å². The molecule has 2 atom stereocenters. The van der Waals surface area contributed by atoms with Crippen molar-refractivity contribution < 1.29 is 24.2 Å². The van der Waals surface area contributed by atoms with E-state index in [-0.39, 0.29) is 12.3 Å². The van der Waals surface area contributed by atoms with E-state index in [0.29, 0.717) is 28.8 Å². The number of methoxy groups -OCH3 is 1. The number of carbonyl (C=O) groups is 3. The Bertz CT molecular complexity index is 664. The van der Waals surface area contributed by atoms with Gasteiger partial charge in [0.15, 0.2) is 6.04 Å². The second kappa shape index (κ2) is 7.65. The summed E-state index contributed by atoms with van der Waals surface area (Å²) in [7, 11) is 3.19. The SMILES string of the molecule is COc1ccc(C(NC(=O)C2CCN(C)C(=O)C2)C(=O)O)cc1Br. The highest BCUT2D eigenvalue weighted by Gasteiger charge is 2.31. The fourth-order valence-electron chi connectivity index (χ4n) is 2.58. The first kappa shape index (κ1) is 18.3. The number of aliphatic carboxylic acids is 1. The first-order valence-electron chi connectivity index (χ1n) is 7.44.